The van der Waals surface area contributed by atoms with E-state index in [0.29, 0.717) is 10.5 Å². The summed E-state index contributed by atoms with van der Waals surface area (Å²) in [5, 5.41) is 0. The summed E-state index contributed by atoms with van der Waals surface area (Å²) in [4.78, 5) is 18.6. The minimum absolute atomic E-state index is 0.0287. The van der Waals surface area contributed by atoms with Gasteiger partial charge in [-0.05, 0) is 55.7 Å². The van der Waals surface area contributed by atoms with Crippen LogP contribution in [0.25, 0.3) is 0 Å². The van der Waals surface area contributed by atoms with Crippen molar-refractivity contribution in [2.75, 3.05) is 13.6 Å². The SMILES string of the molecule is Cc1ncn(CCC2CCCCN2C)c(=O)c1Br. The standard InChI is InChI=1S/C13H20BrN3O/c1-10-12(14)13(18)17(9-15-10)8-6-11-5-3-4-7-16(11)2/h9,11H,3-8H2,1-2H3. The molecule has 100 valence electrons. The molecule has 1 unspecified atom stereocenters. The lowest BCUT2D eigenvalue weighted by molar-refractivity contribution is 0.170. The summed E-state index contributed by atoms with van der Waals surface area (Å²) in [5.41, 5.74) is 0.784. The number of halogens is 1. The van der Waals surface area contributed by atoms with E-state index in [-0.39, 0.29) is 5.56 Å². The van der Waals surface area contributed by atoms with Gasteiger partial charge in [-0.1, -0.05) is 6.42 Å². The van der Waals surface area contributed by atoms with Gasteiger partial charge in [-0.3, -0.25) is 9.36 Å². The summed E-state index contributed by atoms with van der Waals surface area (Å²) in [6.45, 7) is 3.76. The molecule has 1 aromatic rings. The Morgan fingerprint density at radius 2 is 2.28 bits per heavy atom. The molecule has 1 saturated heterocycles. The zero-order chi connectivity index (χ0) is 13.1. The molecule has 2 rings (SSSR count). The van der Waals surface area contributed by atoms with Gasteiger partial charge in [0.05, 0.1) is 12.0 Å². The number of aryl methyl sites for hydroxylation is 2. The highest BCUT2D eigenvalue weighted by atomic mass is 79.9. The van der Waals surface area contributed by atoms with Crippen molar-refractivity contribution in [2.24, 2.45) is 0 Å². The maximum Gasteiger partial charge on any atom is 0.267 e. The molecule has 0 bridgehead atoms. The number of hydrogen-bond acceptors (Lipinski definition) is 3. The van der Waals surface area contributed by atoms with Gasteiger partial charge in [0, 0.05) is 12.6 Å². The Kier molecular flexibility index (Phi) is 4.56. The third-order valence-corrected chi connectivity index (χ3v) is 4.69. The Morgan fingerprint density at radius 1 is 1.50 bits per heavy atom. The van der Waals surface area contributed by atoms with Crippen LogP contribution in [-0.2, 0) is 6.54 Å². The van der Waals surface area contributed by atoms with E-state index in [2.05, 4.69) is 32.9 Å². The molecule has 0 amide bonds. The van der Waals surface area contributed by atoms with Gasteiger partial charge < -0.3 is 4.90 Å². The number of piperidine rings is 1. The number of nitrogens with zero attached hydrogens (tertiary/aromatic N) is 3. The molecule has 0 saturated carbocycles. The second kappa shape index (κ2) is 5.97. The second-order valence-corrected chi connectivity index (χ2v) is 5.85. The summed E-state index contributed by atoms with van der Waals surface area (Å²) in [6.07, 6.45) is 6.52. The lowest BCUT2D eigenvalue weighted by atomic mass is 10.0. The number of rotatable bonds is 3. The third kappa shape index (κ3) is 3.01. The summed E-state index contributed by atoms with van der Waals surface area (Å²) in [7, 11) is 2.18. The summed E-state index contributed by atoms with van der Waals surface area (Å²) in [5.74, 6) is 0. The van der Waals surface area contributed by atoms with Gasteiger partial charge in [-0.2, -0.15) is 0 Å². The second-order valence-electron chi connectivity index (χ2n) is 5.06. The zero-order valence-corrected chi connectivity index (χ0v) is 12.6. The van der Waals surface area contributed by atoms with Crippen molar-refractivity contribution in [1.29, 1.82) is 0 Å². The molecule has 0 spiro atoms. The number of hydrogen-bond donors (Lipinski definition) is 0. The zero-order valence-electron chi connectivity index (χ0n) is 11.0. The fourth-order valence-corrected chi connectivity index (χ4v) is 2.83. The van der Waals surface area contributed by atoms with E-state index >= 15 is 0 Å². The Morgan fingerprint density at radius 3 is 3.00 bits per heavy atom. The molecule has 1 fully saturated rings. The van der Waals surface area contributed by atoms with Crippen molar-refractivity contribution in [3.05, 3.63) is 26.8 Å². The average molecular weight is 314 g/mol. The quantitative estimate of drug-likeness (QED) is 0.858. The Bertz CT molecular complexity index is 472. The van der Waals surface area contributed by atoms with E-state index in [1.807, 2.05) is 6.92 Å². The lowest BCUT2D eigenvalue weighted by Gasteiger charge is -2.32. The van der Waals surface area contributed by atoms with Gasteiger partial charge in [-0.15, -0.1) is 0 Å². The molecule has 5 heteroatoms. The van der Waals surface area contributed by atoms with Crippen LogP contribution >= 0.6 is 15.9 Å². The summed E-state index contributed by atoms with van der Waals surface area (Å²) >= 11 is 3.30. The predicted molar refractivity (Wildman–Crippen MR) is 75.8 cm³/mol. The van der Waals surface area contributed by atoms with Crippen LogP contribution in [0.4, 0.5) is 0 Å². The monoisotopic (exact) mass is 313 g/mol. The molecule has 4 nitrogen and oxygen atoms in total. The van der Waals surface area contributed by atoms with Crippen LogP contribution in [0, 0.1) is 6.92 Å². The van der Waals surface area contributed by atoms with Gasteiger partial charge in [0.1, 0.15) is 4.47 Å². The summed E-state index contributed by atoms with van der Waals surface area (Å²) in [6, 6.07) is 0.603. The normalized spacial score (nSPS) is 21.2. The van der Waals surface area contributed by atoms with Crippen LogP contribution in [-0.4, -0.2) is 34.1 Å². The van der Waals surface area contributed by atoms with E-state index in [0.717, 1.165) is 18.7 Å². The van der Waals surface area contributed by atoms with Crippen molar-refractivity contribution in [2.45, 2.75) is 45.2 Å². The van der Waals surface area contributed by atoms with Crippen LogP contribution in [0.3, 0.4) is 0 Å². The van der Waals surface area contributed by atoms with Crippen LogP contribution < -0.4 is 5.56 Å². The molecule has 1 atom stereocenters. The Balaban J connectivity index is 2.02. The van der Waals surface area contributed by atoms with Crippen molar-refractivity contribution in [3.8, 4) is 0 Å². The van der Waals surface area contributed by atoms with E-state index in [4.69, 9.17) is 0 Å². The average Bonchev–Trinajstić information content (AvgIpc) is 2.37. The topological polar surface area (TPSA) is 38.1 Å². The van der Waals surface area contributed by atoms with Gasteiger partial charge in [0.2, 0.25) is 0 Å². The van der Waals surface area contributed by atoms with Crippen LogP contribution in [0.1, 0.15) is 31.4 Å². The summed E-state index contributed by atoms with van der Waals surface area (Å²) < 4.78 is 2.29. The van der Waals surface area contributed by atoms with Crippen LogP contribution in [0.15, 0.2) is 15.6 Å². The largest absolute Gasteiger partial charge is 0.303 e. The minimum Gasteiger partial charge on any atom is -0.303 e. The van der Waals surface area contributed by atoms with Crippen LogP contribution in [0.2, 0.25) is 0 Å². The molecule has 0 aliphatic carbocycles. The van der Waals surface area contributed by atoms with Gasteiger partial charge in [-0.25, -0.2) is 4.98 Å². The van der Waals surface area contributed by atoms with Crippen LogP contribution in [0.5, 0.6) is 0 Å². The van der Waals surface area contributed by atoms with Crippen molar-refractivity contribution in [1.82, 2.24) is 14.5 Å². The Hall–Kier alpha value is -0.680. The number of likely N-dealkylation sites (tertiary alicyclic amines) is 1. The first-order valence-electron chi connectivity index (χ1n) is 6.51. The highest BCUT2D eigenvalue weighted by Gasteiger charge is 2.18. The first kappa shape index (κ1) is 13.7. The molecular formula is C13H20BrN3O. The van der Waals surface area contributed by atoms with Crippen molar-refractivity contribution in [3.63, 3.8) is 0 Å². The van der Waals surface area contributed by atoms with E-state index in [1.165, 1.54) is 25.8 Å². The molecule has 18 heavy (non-hydrogen) atoms. The first-order chi connectivity index (χ1) is 8.59. The first-order valence-corrected chi connectivity index (χ1v) is 7.30. The molecular weight excluding hydrogens is 294 g/mol. The molecule has 1 aliphatic heterocycles. The minimum atomic E-state index is 0.0287. The molecule has 2 heterocycles. The number of aromatic nitrogens is 2. The highest BCUT2D eigenvalue weighted by Crippen LogP contribution is 2.18. The Labute approximate surface area is 116 Å². The van der Waals surface area contributed by atoms with E-state index < -0.39 is 0 Å². The third-order valence-electron chi connectivity index (χ3n) is 3.78. The maximum absolute atomic E-state index is 12.0. The predicted octanol–water partition coefficient (Wildman–Crippen LogP) is 2.19. The van der Waals surface area contributed by atoms with E-state index in [9.17, 15) is 4.79 Å². The smallest absolute Gasteiger partial charge is 0.267 e. The van der Waals surface area contributed by atoms with Gasteiger partial charge >= 0.3 is 0 Å². The molecule has 0 N–H and O–H groups in total. The fraction of sp³-hybridized carbons (Fsp3) is 0.692. The van der Waals surface area contributed by atoms with E-state index in [1.54, 1.807) is 10.9 Å². The lowest BCUT2D eigenvalue weighted by Crippen LogP contribution is -2.37. The highest BCUT2D eigenvalue weighted by molar-refractivity contribution is 9.10. The molecule has 0 radical (unpaired) electrons. The van der Waals surface area contributed by atoms with Gasteiger partial charge in [0.15, 0.2) is 0 Å². The maximum atomic E-state index is 12.0. The van der Waals surface area contributed by atoms with Gasteiger partial charge in [0.25, 0.3) is 5.56 Å². The molecule has 0 aromatic carbocycles. The molecule has 1 aromatic heterocycles. The van der Waals surface area contributed by atoms with Crippen molar-refractivity contribution < 1.29 is 0 Å². The fourth-order valence-electron chi connectivity index (χ4n) is 2.50. The van der Waals surface area contributed by atoms with Crippen molar-refractivity contribution >= 4 is 15.9 Å². The molecule has 1 aliphatic rings.